The fraction of sp³-hybridized carbons (Fsp3) is 0.133. The van der Waals surface area contributed by atoms with E-state index in [4.69, 9.17) is 15.6 Å². The van der Waals surface area contributed by atoms with Gasteiger partial charge in [0.2, 0.25) is 0 Å². The number of aromatic hydroxyl groups is 1. The molecule has 104 valence electrons. The number of thiocarbonyl (C=S) groups is 1. The Morgan fingerprint density at radius 1 is 1.05 bits per heavy atom. The minimum Gasteiger partial charge on any atom is -0.508 e. The average Bonchev–Trinajstić information content (AvgIpc) is 2.43. The molecule has 0 aromatic heterocycles. The Morgan fingerprint density at radius 3 is 2.05 bits per heavy atom. The van der Waals surface area contributed by atoms with Crippen molar-refractivity contribution in [1.29, 1.82) is 0 Å². The van der Waals surface area contributed by atoms with Gasteiger partial charge in [0.1, 0.15) is 17.2 Å². The Hall–Kier alpha value is -2.11. The maximum atomic E-state index is 9.19. The zero-order chi connectivity index (χ0) is 14.5. The maximum absolute atomic E-state index is 9.19. The summed E-state index contributed by atoms with van der Waals surface area (Å²) in [5.74, 6) is 1.52. The van der Waals surface area contributed by atoms with Gasteiger partial charge in [0.25, 0.3) is 0 Å². The highest BCUT2D eigenvalue weighted by atomic mass is 32.1. The summed E-state index contributed by atoms with van der Waals surface area (Å²) in [5, 5.41) is 18.1. The van der Waals surface area contributed by atoms with E-state index in [1.807, 2.05) is 24.3 Å². The van der Waals surface area contributed by atoms with Gasteiger partial charge in [-0.3, -0.25) is 0 Å². The number of nitrogens with two attached hydrogens (primary N) is 1. The summed E-state index contributed by atoms with van der Waals surface area (Å²) in [6.07, 6.45) is 0.481. The molecule has 0 unspecified atom stereocenters. The van der Waals surface area contributed by atoms with Gasteiger partial charge < -0.3 is 20.7 Å². The van der Waals surface area contributed by atoms with Crippen LogP contribution in [0.1, 0.15) is 5.56 Å². The summed E-state index contributed by atoms with van der Waals surface area (Å²) in [6, 6.07) is 13.3. The predicted octanol–water partition coefficient (Wildman–Crippen LogP) is 2.94. The van der Waals surface area contributed by atoms with E-state index >= 15 is 0 Å². The molecular weight excluding hydrogens is 274 g/mol. The van der Waals surface area contributed by atoms with Gasteiger partial charge in [0, 0.05) is 0 Å². The normalized spacial score (nSPS) is 11.8. The second-order valence-corrected chi connectivity index (χ2v) is 4.81. The van der Waals surface area contributed by atoms with Crippen LogP contribution in [0.25, 0.3) is 0 Å². The van der Waals surface area contributed by atoms with Gasteiger partial charge in [0.15, 0.2) is 5.05 Å². The van der Waals surface area contributed by atoms with Crippen LogP contribution in [0.5, 0.6) is 17.2 Å². The monoisotopic (exact) mass is 289 g/mol. The molecule has 0 heterocycles. The van der Waals surface area contributed by atoms with Gasteiger partial charge in [-0.05, 0) is 60.6 Å². The first kappa shape index (κ1) is 14.3. The Labute approximate surface area is 122 Å². The number of phenols is 1. The first-order chi connectivity index (χ1) is 9.54. The third-order valence-corrected chi connectivity index (χ3v) is 3.07. The molecule has 2 aromatic carbocycles. The number of hydrogen-bond acceptors (Lipinski definition) is 4. The van der Waals surface area contributed by atoms with Crippen LogP contribution < -0.4 is 10.5 Å². The van der Waals surface area contributed by atoms with Crippen molar-refractivity contribution < 1.29 is 14.9 Å². The lowest BCUT2D eigenvalue weighted by Gasteiger charge is -2.10. The van der Waals surface area contributed by atoms with E-state index in [0.717, 1.165) is 5.56 Å². The first-order valence-corrected chi connectivity index (χ1v) is 6.49. The lowest BCUT2D eigenvalue weighted by atomic mass is 10.1. The number of rotatable bonds is 5. The van der Waals surface area contributed by atoms with Crippen molar-refractivity contribution in [3.05, 3.63) is 54.1 Å². The van der Waals surface area contributed by atoms with Crippen LogP contribution in [0.15, 0.2) is 48.5 Å². The van der Waals surface area contributed by atoms with Crippen molar-refractivity contribution in [2.24, 2.45) is 5.73 Å². The number of aliphatic hydroxyl groups is 1. The molecule has 0 radical (unpaired) electrons. The van der Waals surface area contributed by atoms with Crippen LogP contribution in [-0.4, -0.2) is 21.3 Å². The maximum Gasteiger partial charge on any atom is 0.174 e. The van der Waals surface area contributed by atoms with E-state index < -0.39 is 6.04 Å². The molecule has 0 spiro atoms. The molecule has 0 bridgehead atoms. The zero-order valence-corrected chi connectivity index (χ0v) is 11.5. The Kier molecular flexibility index (Phi) is 4.55. The van der Waals surface area contributed by atoms with E-state index in [1.54, 1.807) is 24.3 Å². The van der Waals surface area contributed by atoms with Crippen molar-refractivity contribution in [3.8, 4) is 17.2 Å². The average molecular weight is 289 g/mol. The van der Waals surface area contributed by atoms with Crippen molar-refractivity contribution in [3.63, 3.8) is 0 Å². The van der Waals surface area contributed by atoms with Crippen LogP contribution in [-0.2, 0) is 6.42 Å². The number of phenolic OH excluding ortho intramolecular Hbond substituents is 1. The molecule has 0 aliphatic rings. The lowest BCUT2D eigenvalue weighted by molar-refractivity contribution is 0.464. The topological polar surface area (TPSA) is 75.7 Å². The van der Waals surface area contributed by atoms with Crippen LogP contribution in [0.3, 0.4) is 0 Å². The third kappa shape index (κ3) is 3.94. The van der Waals surface area contributed by atoms with Crippen LogP contribution in [0, 0.1) is 0 Å². The molecule has 0 saturated heterocycles. The van der Waals surface area contributed by atoms with E-state index in [1.165, 1.54) is 0 Å². The fourth-order valence-corrected chi connectivity index (χ4v) is 1.77. The molecule has 0 aliphatic carbocycles. The summed E-state index contributed by atoms with van der Waals surface area (Å²) in [7, 11) is 0. The van der Waals surface area contributed by atoms with Crippen molar-refractivity contribution in [2.45, 2.75) is 12.5 Å². The SMILES string of the molecule is N[C@@H](Cc1ccc(Oc2ccc(O)cc2)cc1)C(O)=S. The van der Waals surface area contributed by atoms with E-state index in [-0.39, 0.29) is 10.8 Å². The molecule has 20 heavy (non-hydrogen) atoms. The second-order valence-electron chi connectivity index (χ2n) is 4.39. The summed E-state index contributed by atoms with van der Waals surface area (Å²) in [5.41, 5.74) is 6.64. The minimum absolute atomic E-state index is 0.186. The summed E-state index contributed by atoms with van der Waals surface area (Å²) >= 11 is 4.63. The molecule has 0 saturated carbocycles. The number of hydrogen-bond donors (Lipinski definition) is 3. The number of ether oxygens (including phenoxy) is 1. The Morgan fingerprint density at radius 2 is 1.55 bits per heavy atom. The fourth-order valence-electron chi connectivity index (χ4n) is 1.69. The van der Waals surface area contributed by atoms with Gasteiger partial charge in [-0.25, -0.2) is 0 Å². The van der Waals surface area contributed by atoms with Gasteiger partial charge >= 0.3 is 0 Å². The van der Waals surface area contributed by atoms with Crippen LogP contribution in [0.2, 0.25) is 0 Å². The Balaban J connectivity index is 2.01. The standard InChI is InChI=1S/C15H15NO3S/c16-14(15(18)20)9-10-1-5-12(6-2-10)19-13-7-3-11(17)4-8-13/h1-8,14,17H,9,16H2,(H,18,20)/t14-/m0/s1. The van der Waals surface area contributed by atoms with Gasteiger partial charge in [-0.15, -0.1) is 0 Å². The third-order valence-electron chi connectivity index (χ3n) is 2.77. The highest BCUT2D eigenvalue weighted by Crippen LogP contribution is 2.23. The quantitative estimate of drug-likeness (QED) is 0.738. The highest BCUT2D eigenvalue weighted by Gasteiger charge is 2.08. The van der Waals surface area contributed by atoms with Crippen molar-refractivity contribution in [1.82, 2.24) is 0 Å². The summed E-state index contributed by atoms with van der Waals surface area (Å²) in [6.45, 7) is 0. The molecule has 0 fully saturated rings. The van der Waals surface area contributed by atoms with Crippen LogP contribution >= 0.6 is 12.2 Å². The number of benzene rings is 2. The molecule has 4 N–H and O–H groups in total. The predicted molar refractivity (Wildman–Crippen MR) is 81.5 cm³/mol. The molecular formula is C15H15NO3S. The van der Waals surface area contributed by atoms with Crippen LogP contribution in [0.4, 0.5) is 0 Å². The zero-order valence-electron chi connectivity index (χ0n) is 10.7. The summed E-state index contributed by atoms with van der Waals surface area (Å²) < 4.78 is 5.62. The van der Waals surface area contributed by atoms with Gasteiger partial charge in [-0.1, -0.05) is 12.1 Å². The van der Waals surface area contributed by atoms with E-state index in [0.29, 0.717) is 17.9 Å². The lowest BCUT2D eigenvalue weighted by Crippen LogP contribution is -2.30. The highest BCUT2D eigenvalue weighted by molar-refractivity contribution is 7.80. The molecule has 4 nitrogen and oxygen atoms in total. The first-order valence-electron chi connectivity index (χ1n) is 6.09. The molecule has 1 atom stereocenters. The smallest absolute Gasteiger partial charge is 0.174 e. The van der Waals surface area contributed by atoms with Gasteiger partial charge in [0.05, 0.1) is 6.04 Å². The Bertz CT molecular complexity index is 581. The molecule has 0 amide bonds. The van der Waals surface area contributed by atoms with Gasteiger partial charge in [-0.2, -0.15) is 0 Å². The second kappa shape index (κ2) is 6.36. The molecule has 5 heteroatoms. The molecule has 0 aliphatic heterocycles. The minimum atomic E-state index is -0.533. The molecule has 2 rings (SSSR count). The van der Waals surface area contributed by atoms with Crippen molar-refractivity contribution >= 4 is 17.3 Å². The van der Waals surface area contributed by atoms with E-state index in [2.05, 4.69) is 12.2 Å². The van der Waals surface area contributed by atoms with Crippen molar-refractivity contribution in [2.75, 3.05) is 0 Å². The summed E-state index contributed by atoms with van der Waals surface area (Å²) in [4.78, 5) is 0. The largest absolute Gasteiger partial charge is 0.508 e. The number of aliphatic hydroxyl groups excluding tert-OH is 1. The van der Waals surface area contributed by atoms with E-state index in [9.17, 15) is 5.11 Å². The molecule has 2 aromatic rings.